The second-order valence-electron chi connectivity index (χ2n) is 4.29. The third-order valence-electron chi connectivity index (χ3n) is 2.19. The van der Waals surface area contributed by atoms with Gasteiger partial charge in [-0.1, -0.05) is 12.1 Å². The highest BCUT2D eigenvalue weighted by atomic mass is 16.5. The molecule has 0 atom stereocenters. The molecule has 0 bridgehead atoms. The molecule has 0 fully saturated rings. The maximum atomic E-state index is 8.79. The van der Waals surface area contributed by atoms with Crippen molar-refractivity contribution in [1.29, 1.82) is 0 Å². The van der Waals surface area contributed by atoms with E-state index in [1.54, 1.807) is 24.3 Å². The predicted octanol–water partition coefficient (Wildman–Crippen LogP) is 3.03. The first-order valence-corrected chi connectivity index (χ1v) is 6.04. The van der Waals surface area contributed by atoms with Crippen LogP contribution in [0, 0.1) is 0 Å². The van der Waals surface area contributed by atoms with Gasteiger partial charge in [0.15, 0.2) is 0 Å². The molecule has 0 radical (unpaired) electrons. The molecule has 19 heavy (non-hydrogen) atoms. The molecule has 0 spiro atoms. The summed E-state index contributed by atoms with van der Waals surface area (Å²) in [5.74, 6) is 1.02. The molecule has 4 nitrogen and oxygen atoms in total. The van der Waals surface area contributed by atoms with Gasteiger partial charge in [0.1, 0.15) is 11.5 Å². The van der Waals surface area contributed by atoms with E-state index >= 15 is 0 Å². The van der Waals surface area contributed by atoms with Crippen molar-refractivity contribution in [2.75, 3.05) is 11.5 Å². The molecule has 102 valence electrons. The Balaban J connectivity index is 0.000000200. The maximum absolute atomic E-state index is 8.79. The number of phenolic OH excluding ortho intramolecular Hbond substituents is 1. The smallest absolute Gasteiger partial charge is 0.138 e. The first kappa shape index (κ1) is 14.7. The van der Waals surface area contributed by atoms with E-state index in [4.69, 9.17) is 21.3 Å². The van der Waals surface area contributed by atoms with Crippen molar-refractivity contribution in [3.05, 3.63) is 48.5 Å². The predicted molar refractivity (Wildman–Crippen MR) is 79.1 cm³/mol. The first-order chi connectivity index (χ1) is 8.99. The molecule has 0 aromatic heterocycles. The van der Waals surface area contributed by atoms with Gasteiger partial charge in [0.05, 0.1) is 11.8 Å². The number of hydrogen-bond acceptors (Lipinski definition) is 4. The number of benzene rings is 2. The zero-order valence-corrected chi connectivity index (χ0v) is 11.2. The Morgan fingerprint density at radius 2 is 1.53 bits per heavy atom. The van der Waals surface area contributed by atoms with Crippen molar-refractivity contribution >= 4 is 11.4 Å². The van der Waals surface area contributed by atoms with Crippen LogP contribution >= 0.6 is 0 Å². The van der Waals surface area contributed by atoms with E-state index < -0.39 is 0 Å². The Bertz CT molecular complexity index is 475. The van der Waals surface area contributed by atoms with Gasteiger partial charge < -0.3 is 21.3 Å². The molecule has 4 heteroatoms. The SMILES string of the molecule is CC(C)Oc1ccc(N)cc1.Nc1ccccc1O. The minimum Gasteiger partial charge on any atom is -0.506 e. The van der Waals surface area contributed by atoms with Gasteiger partial charge in [0, 0.05) is 5.69 Å². The van der Waals surface area contributed by atoms with Gasteiger partial charge in [-0.2, -0.15) is 0 Å². The Morgan fingerprint density at radius 1 is 0.947 bits per heavy atom. The van der Waals surface area contributed by atoms with Crippen LogP contribution in [0.25, 0.3) is 0 Å². The lowest BCUT2D eigenvalue weighted by Gasteiger charge is -2.08. The van der Waals surface area contributed by atoms with Crippen LogP contribution in [0.4, 0.5) is 11.4 Å². The molecule has 5 N–H and O–H groups in total. The molecule has 0 aliphatic heterocycles. The van der Waals surface area contributed by atoms with E-state index in [1.807, 2.05) is 38.1 Å². The normalized spacial score (nSPS) is 9.63. The lowest BCUT2D eigenvalue weighted by molar-refractivity contribution is 0.242. The molecule has 2 aromatic rings. The van der Waals surface area contributed by atoms with Crippen LogP contribution in [0.3, 0.4) is 0 Å². The van der Waals surface area contributed by atoms with Gasteiger partial charge in [0.2, 0.25) is 0 Å². The number of rotatable bonds is 2. The fourth-order valence-corrected chi connectivity index (χ4v) is 1.31. The first-order valence-electron chi connectivity index (χ1n) is 6.04. The fraction of sp³-hybridized carbons (Fsp3) is 0.200. The summed E-state index contributed by atoms with van der Waals surface area (Å²) in [4.78, 5) is 0. The number of aromatic hydroxyl groups is 1. The molecule has 2 aromatic carbocycles. The topological polar surface area (TPSA) is 81.5 Å². The second kappa shape index (κ2) is 7.16. The van der Waals surface area contributed by atoms with E-state index in [9.17, 15) is 0 Å². The van der Waals surface area contributed by atoms with Crippen molar-refractivity contribution in [3.63, 3.8) is 0 Å². The molecule has 0 unspecified atom stereocenters. The quantitative estimate of drug-likeness (QED) is 0.572. The van der Waals surface area contributed by atoms with E-state index in [1.165, 1.54) is 0 Å². The Labute approximate surface area is 113 Å². The largest absolute Gasteiger partial charge is 0.506 e. The molecule has 0 heterocycles. The lowest BCUT2D eigenvalue weighted by atomic mass is 10.3. The van der Waals surface area contributed by atoms with Crippen LogP contribution in [0.5, 0.6) is 11.5 Å². The molecule has 0 amide bonds. The Hall–Kier alpha value is -2.36. The highest BCUT2D eigenvalue weighted by molar-refractivity contribution is 5.50. The number of nitrogen functional groups attached to an aromatic ring is 2. The molecule has 0 aliphatic carbocycles. The van der Waals surface area contributed by atoms with Gasteiger partial charge in [-0.15, -0.1) is 0 Å². The molecule has 0 saturated heterocycles. The molecule has 0 saturated carbocycles. The fourth-order valence-electron chi connectivity index (χ4n) is 1.31. The Morgan fingerprint density at radius 3 is 1.95 bits per heavy atom. The lowest BCUT2D eigenvalue weighted by Crippen LogP contribution is -2.05. The van der Waals surface area contributed by atoms with Crippen molar-refractivity contribution in [1.82, 2.24) is 0 Å². The summed E-state index contributed by atoms with van der Waals surface area (Å²) >= 11 is 0. The number of para-hydroxylation sites is 2. The van der Waals surface area contributed by atoms with Crippen molar-refractivity contribution < 1.29 is 9.84 Å². The average Bonchev–Trinajstić information content (AvgIpc) is 2.36. The molecule has 0 aliphatic rings. The van der Waals surface area contributed by atoms with Crippen LogP contribution in [-0.4, -0.2) is 11.2 Å². The highest BCUT2D eigenvalue weighted by Gasteiger charge is 1.95. The van der Waals surface area contributed by atoms with Crippen molar-refractivity contribution in [2.24, 2.45) is 0 Å². The summed E-state index contributed by atoms with van der Waals surface area (Å²) in [6.07, 6.45) is 0.221. The monoisotopic (exact) mass is 260 g/mol. The number of anilines is 2. The number of hydrogen-bond donors (Lipinski definition) is 3. The van der Waals surface area contributed by atoms with E-state index in [2.05, 4.69) is 0 Å². The molecular formula is C15H20N2O2. The van der Waals surface area contributed by atoms with E-state index in [0.717, 1.165) is 11.4 Å². The summed E-state index contributed by atoms with van der Waals surface area (Å²) in [7, 11) is 0. The molecular weight excluding hydrogens is 240 g/mol. The van der Waals surface area contributed by atoms with E-state index in [-0.39, 0.29) is 11.9 Å². The maximum Gasteiger partial charge on any atom is 0.138 e. The van der Waals surface area contributed by atoms with Crippen molar-refractivity contribution in [2.45, 2.75) is 20.0 Å². The summed E-state index contributed by atoms with van der Waals surface area (Å²) < 4.78 is 5.41. The van der Waals surface area contributed by atoms with Gasteiger partial charge in [0.25, 0.3) is 0 Å². The van der Waals surface area contributed by atoms with Crippen LogP contribution in [0.1, 0.15) is 13.8 Å². The zero-order chi connectivity index (χ0) is 14.3. The number of nitrogens with two attached hydrogens (primary N) is 2. The summed E-state index contributed by atoms with van der Waals surface area (Å²) in [5, 5.41) is 8.79. The third kappa shape index (κ3) is 5.68. The van der Waals surface area contributed by atoms with E-state index in [0.29, 0.717) is 5.69 Å². The summed E-state index contributed by atoms with van der Waals surface area (Å²) in [6, 6.07) is 14.1. The minimum absolute atomic E-state index is 0.146. The summed E-state index contributed by atoms with van der Waals surface area (Å²) in [5.41, 5.74) is 12.0. The Kier molecular flexibility index (Phi) is 5.54. The zero-order valence-electron chi connectivity index (χ0n) is 11.2. The van der Waals surface area contributed by atoms with Crippen LogP contribution in [0.15, 0.2) is 48.5 Å². The number of ether oxygens (including phenoxy) is 1. The van der Waals surface area contributed by atoms with Gasteiger partial charge in [-0.3, -0.25) is 0 Å². The van der Waals surface area contributed by atoms with Crippen LogP contribution < -0.4 is 16.2 Å². The van der Waals surface area contributed by atoms with Crippen LogP contribution in [0.2, 0.25) is 0 Å². The van der Waals surface area contributed by atoms with Gasteiger partial charge >= 0.3 is 0 Å². The van der Waals surface area contributed by atoms with Gasteiger partial charge in [-0.25, -0.2) is 0 Å². The molecule has 2 rings (SSSR count). The standard InChI is InChI=1S/C9H13NO.C6H7NO/c1-7(2)11-9-5-3-8(10)4-6-9;7-5-3-1-2-4-6(5)8/h3-7H,10H2,1-2H3;1-4,8H,7H2. The second-order valence-corrected chi connectivity index (χ2v) is 4.29. The minimum atomic E-state index is 0.146. The summed E-state index contributed by atoms with van der Waals surface area (Å²) in [6.45, 7) is 3.99. The average molecular weight is 260 g/mol. The van der Waals surface area contributed by atoms with Gasteiger partial charge in [-0.05, 0) is 50.2 Å². The van der Waals surface area contributed by atoms with Crippen molar-refractivity contribution in [3.8, 4) is 11.5 Å². The highest BCUT2D eigenvalue weighted by Crippen LogP contribution is 2.16. The van der Waals surface area contributed by atoms with Crippen LogP contribution in [-0.2, 0) is 0 Å². The third-order valence-corrected chi connectivity index (χ3v) is 2.19. The number of phenols is 1.